The molecule has 0 aromatic carbocycles. The number of rotatable bonds is 11. The number of nitrogens with zero attached hydrogens (tertiary/aromatic N) is 3. The molecule has 1 aliphatic rings. The Morgan fingerprint density at radius 3 is 2.80 bits per heavy atom. The van der Waals surface area contributed by atoms with Gasteiger partial charge in [-0.2, -0.15) is 0 Å². The van der Waals surface area contributed by atoms with E-state index >= 15 is 0 Å². The smallest absolute Gasteiger partial charge is 0.191 e. The number of nitrogens with one attached hydrogen (secondary N) is 2. The van der Waals surface area contributed by atoms with E-state index in [0.29, 0.717) is 0 Å². The van der Waals surface area contributed by atoms with Crippen molar-refractivity contribution in [3.8, 4) is 0 Å². The fourth-order valence-corrected chi connectivity index (χ4v) is 3.09. The zero-order valence-corrected chi connectivity index (χ0v) is 19.1. The normalized spacial score (nSPS) is 18.9. The Morgan fingerprint density at radius 2 is 2.12 bits per heavy atom. The highest BCUT2D eigenvalue weighted by atomic mass is 127. The molecule has 25 heavy (non-hydrogen) atoms. The number of piperidine rings is 1. The molecule has 1 rings (SSSR count). The molecule has 0 saturated carbocycles. The molecular formula is C18H40IN5O. The summed E-state index contributed by atoms with van der Waals surface area (Å²) in [7, 11) is 3.91. The van der Waals surface area contributed by atoms with E-state index in [0.717, 1.165) is 64.2 Å². The summed E-state index contributed by atoms with van der Waals surface area (Å²) >= 11 is 0. The van der Waals surface area contributed by atoms with Crippen molar-refractivity contribution in [2.45, 2.75) is 33.1 Å². The van der Waals surface area contributed by atoms with Gasteiger partial charge in [-0.1, -0.05) is 6.92 Å². The number of guanidine groups is 1. The topological polar surface area (TPSA) is 52.1 Å². The van der Waals surface area contributed by atoms with Crippen LogP contribution in [0, 0.1) is 5.92 Å². The van der Waals surface area contributed by atoms with Crippen LogP contribution in [-0.4, -0.2) is 88.9 Å². The Hall–Kier alpha value is -0.120. The average molecular weight is 469 g/mol. The van der Waals surface area contributed by atoms with Crippen molar-refractivity contribution in [3.63, 3.8) is 0 Å². The Kier molecular flexibility index (Phi) is 16.0. The summed E-state index contributed by atoms with van der Waals surface area (Å²) < 4.78 is 5.09. The molecule has 6 nitrogen and oxygen atoms in total. The highest BCUT2D eigenvalue weighted by molar-refractivity contribution is 14.0. The maximum atomic E-state index is 5.09. The van der Waals surface area contributed by atoms with Crippen LogP contribution in [0.2, 0.25) is 0 Å². The Labute approximate surface area is 172 Å². The van der Waals surface area contributed by atoms with Gasteiger partial charge in [0, 0.05) is 53.0 Å². The Bertz CT molecular complexity index is 343. The molecule has 0 aromatic heterocycles. The molecule has 0 bridgehead atoms. The number of likely N-dealkylation sites (N-methyl/N-ethyl adjacent to an activating group) is 1. The van der Waals surface area contributed by atoms with Crippen LogP contribution in [0.3, 0.4) is 0 Å². The zero-order chi connectivity index (χ0) is 17.6. The largest absolute Gasteiger partial charge is 0.385 e. The van der Waals surface area contributed by atoms with Crippen LogP contribution >= 0.6 is 24.0 Å². The minimum Gasteiger partial charge on any atom is -0.385 e. The monoisotopic (exact) mass is 469 g/mol. The first-order valence-corrected chi connectivity index (χ1v) is 9.57. The maximum absolute atomic E-state index is 5.09. The minimum atomic E-state index is 0. The third kappa shape index (κ3) is 12.8. The molecule has 0 aliphatic carbocycles. The third-order valence-corrected chi connectivity index (χ3v) is 4.45. The first-order chi connectivity index (χ1) is 11.7. The van der Waals surface area contributed by atoms with Gasteiger partial charge in [-0.25, -0.2) is 0 Å². The molecular weight excluding hydrogens is 429 g/mol. The van der Waals surface area contributed by atoms with Gasteiger partial charge in [0.1, 0.15) is 0 Å². The van der Waals surface area contributed by atoms with E-state index in [1.807, 2.05) is 0 Å². The van der Waals surface area contributed by atoms with Crippen LogP contribution in [0.25, 0.3) is 0 Å². The molecule has 0 spiro atoms. The second-order valence-corrected chi connectivity index (χ2v) is 6.89. The van der Waals surface area contributed by atoms with Gasteiger partial charge in [-0.05, 0) is 45.7 Å². The van der Waals surface area contributed by atoms with E-state index in [4.69, 9.17) is 9.73 Å². The van der Waals surface area contributed by atoms with Gasteiger partial charge in [0.15, 0.2) is 5.96 Å². The number of aliphatic imine (C=N–C) groups is 1. The molecule has 0 aromatic rings. The Morgan fingerprint density at radius 1 is 1.32 bits per heavy atom. The molecule has 7 heteroatoms. The Balaban J connectivity index is 0.00000576. The summed E-state index contributed by atoms with van der Waals surface area (Å²) in [6.07, 6.45) is 3.79. The van der Waals surface area contributed by atoms with Crippen molar-refractivity contribution in [2.75, 3.05) is 73.1 Å². The first-order valence-electron chi connectivity index (χ1n) is 9.57. The van der Waals surface area contributed by atoms with Crippen molar-refractivity contribution in [3.05, 3.63) is 0 Å². The average Bonchev–Trinajstić information content (AvgIpc) is 2.55. The fraction of sp³-hybridized carbons (Fsp3) is 0.944. The van der Waals surface area contributed by atoms with Crippen LogP contribution in [0.4, 0.5) is 0 Å². The zero-order valence-electron chi connectivity index (χ0n) is 16.7. The standard InChI is InChI=1S/C18H39N5O.HI/c1-5-19-18(20-9-13-22(3)11-7-15-24-4)21-10-14-23-12-6-8-17(2)16-23;/h17H,5-16H2,1-4H3,(H2,19,20,21);1H. The minimum absolute atomic E-state index is 0. The number of hydrogen-bond donors (Lipinski definition) is 2. The molecule has 150 valence electrons. The summed E-state index contributed by atoms with van der Waals surface area (Å²) in [6.45, 7) is 13.6. The molecule has 0 radical (unpaired) electrons. The van der Waals surface area contributed by atoms with Crippen LogP contribution in [0.1, 0.15) is 33.1 Å². The lowest BCUT2D eigenvalue weighted by Crippen LogP contribution is -2.42. The van der Waals surface area contributed by atoms with E-state index in [1.54, 1.807) is 7.11 Å². The SMILES string of the molecule is CCNC(=NCCN1CCCC(C)C1)NCCN(C)CCCOC.I. The molecule has 1 atom stereocenters. The van der Waals surface area contributed by atoms with E-state index in [9.17, 15) is 0 Å². The van der Waals surface area contributed by atoms with Gasteiger partial charge in [-0.3, -0.25) is 4.99 Å². The van der Waals surface area contributed by atoms with Crippen LogP contribution in [0.5, 0.6) is 0 Å². The molecule has 1 unspecified atom stereocenters. The van der Waals surface area contributed by atoms with Gasteiger partial charge in [0.05, 0.1) is 6.54 Å². The molecule has 0 amide bonds. The molecule has 1 heterocycles. The lowest BCUT2D eigenvalue weighted by atomic mass is 10.0. The summed E-state index contributed by atoms with van der Waals surface area (Å²) in [5.41, 5.74) is 0. The van der Waals surface area contributed by atoms with Gasteiger partial charge < -0.3 is 25.2 Å². The van der Waals surface area contributed by atoms with Crippen LogP contribution in [-0.2, 0) is 4.74 Å². The molecule has 2 N–H and O–H groups in total. The summed E-state index contributed by atoms with van der Waals surface area (Å²) in [5.74, 6) is 1.77. The number of methoxy groups -OCH3 is 1. The summed E-state index contributed by atoms with van der Waals surface area (Å²) in [6, 6.07) is 0. The van der Waals surface area contributed by atoms with Gasteiger partial charge in [0.25, 0.3) is 0 Å². The number of likely N-dealkylation sites (tertiary alicyclic amines) is 1. The number of halogens is 1. The third-order valence-electron chi connectivity index (χ3n) is 4.45. The number of hydrogen-bond acceptors (Lipinski definition) is 4. The molecule has 1 saturated heterocycles. The van der Waals surface area contributed by atoms with E-state index in [2.05, 4.69) is 41.3 Å². The van der Waals surface area contributed by atoms with Gasteiger partial charge in [-0.15, -0.1) is 24.0 Å². The predicted octanol–water partition coefficient (Wildman–Crippen LogP) is 1.86. The first kappa shape index (κ1) is 24.9. The lowest BCUT2D eigenvalue weighted by Gasteiger charge is -2.30. The van der Waals surface area contributed by atoms with Gasteiger partial charge >= 0.3 is 0 Å². The summed E-state index contributed by atoms with van der Waals surface area (Å²) in [4.78, 5) is 9.59. The molecule has 1 fully saturated rings. The van der Waals surface area contributed by atoms with Crippen molar-refractivity contribution < 1.29 is 4.74 Å². The number of ether oxygens (including phenoxy) is 1. The van der Waals surface area contributed by atoms with E-state index < -0.39 is 0 Å². The van der Waals surface area contributed by atoms with E-state index in [-0.39, 0.29) is 24.0 Å². The molecule has 1 aliphatic heterocycles. The highest BCUT2D eigenvalue weighted by Gasteiger charge is 2.15. The van der Waals surface area contributed by atoms with E-state index in [1.165, 1.54) is 25.9 Å². The maximum Gasteiger partial charge on any atom is 0.191 e. The fourth-order valence-electron chi connectivity index (χ4n) is 3.09. The van der Waals surface area contributed by atoms with Crippen LogP contribution < -0.4 is 10.6 Å². The highest BCUT2D eigenvalue weighted by Crippen LogP contribution is 2.14. The second-order valence-electron chi connectivity index (χ2n) is 6.89. The predicted molar refractivity (Wildman–Crippen MR) is 118 cm³/mol. The van der Waals surface area contributed by atoms with Gasteiger partial charge in [0.2, 0.25) is 0 Å². The quantitative estimate of drug-likeness (QED) is 0.210. The van der Waals surface area contributed by atoms with Crippen molar-refractivity contribution >= 4 is 29.9 Å². The van der Waals surface area contributed by atoms with Crippen molar-refractivity contribution in [2.24, 2.45) is 10.9 Å². The van der Waals surface area contributed by atoms with Crippen molar-refractivity contribution in [1.82, 2.24) is 20.4 Å². The lowest BCUT2D eigenvalue weighted by molar-refractivity contribution is 0.180. The second kappa shape index (κ2) is 16.1. The van der Waals surface area contributed by atoms with Crippen LogP contribution in [0.15, 0.2) is 4.99 Å². The van der Waals surface area contributed by atoms with Crippen molar-refractivity contribution in [1.29, 1.82) is 0 Å². The summed E-state index contributed by atoms with van der Waals surface area (Å²) in [5, 5.41) is 6.77.